The highest BCUT2D eigenvalue weighted by molar-refractivity contribution is 4.88. The van der Waals surface area contributed by atoms with Crippen molar-refractivity contribution in [2.24, 2.45) is 11.8 Å². The first-order valence-electron chi connectivity index (χ1n) is 5.55. The quantitative estimate of drug-likeness (QED) is 0.716. The molecule has 2 saturated carbocycles. The molecule has 0 heterocycles. The van der Waals surface area contributed by atoms with E-state index in [-0.39, 0.29) is 6.10 Å². The van der Waals surface area contributed by atoms with Crippen molar-refractivity contribution < 1.29 is 5.11 Å². The van der Waals surface area contributed by atoms with E-state index in [4.69, 9.17) is 0 Å². The second-order valence-corrected chi connectivity index (χ2v) is 5.03. The monoisotopic (exact) mass is 183 g/mol. The van der Waals surface area contributed by atoms with Crippen molar-refractivity contribution in [1.82, 2.24) is 4.90 Å². The summed E-state index contributed by atoms with van der Waals surface area (Å²) in [6, 6.07) is 0.655. The van der Waals surface area contributed by atoms with Crippen LogP contribution in [0.5, 0.6) is 0 Å². The summed E-state index contributed by atoms with van der Waals surface area (Å²) in [7, 11) is 2.22. The number of aliphatic hydroxyl groups is 1. The molecule has 4 atom stereocenters. The molecule has 13 heavy (non-hydrogen) atoms. The molecule has 2 fully saturated rings. The van der Waals surface area contributed by atoms with Gasteiger partial charge in [0.15, 0.2) is 0 Å². The van der Waals surface area contributed by atoms with Crippen molar-refractivity contribution in [3.8, 4) is 0 Å². The van der Waals surface area contributed by atoms with Gasteiger partial charge in [0, 0.05) is 12.6 Å². The molecule has 2 aliphatic carbocycles. The minimum atomic E-state index is -0.0240. The van der Waals surface area contributed by atoms with Gasteiger partial charge in [-0.25, -0.2) is 0 Å². The predicted octanol–water partition coefficient (Wildman–Crippen LogP) is 1.49. The van der Waals surface area contributed by atoms with Crippen LogP contribution in [-0.4, -0.2) is 35.7 Å². The minimum Gasteiger partial charge on any atom is -0.393 e. The van der Waals surface area contributed by atoms with Gasteiger partial charge < -0.3 is 10.0 Å². The van der Waals surface area contributed by atoms with E-state index in [2.05, 4.69) is 18.9 Å². The summed E-state index contributed by atoms with van der Waals surface area (Å²) < 4.78 is 0. The summed E-state index contributed by atoms with van der Waals surface area (Å²) in [5.41, 5.74) is 0. The van der Waals surface area contributed by atoms with Crippen LogP contribution in [0.3, 0.4) is 0 Å². The maximum Gasteiger partial charge on any atom is 0.0555 e. The van der Waals surface area contributed by atoms with Crippen molar-refractivity contribution in [1.29, 1.82) is 0 Å². The Hall–Kier alpha value is -0.0800. The van der Waals surface area contributed by atoms with E-state index in [0.717, 1.165) is 24.7 Å². The van der Waals surface area contributed by atoms with E-state index < -0.39 is 0 Å². The largest absolute Gasteiger partial charge is 0.393 e. The van der Waals surface area contributed by atoms with Gasteiger partial charge in [0.1, 0.15) is 0 Å². The summed E-state index contributed by atoms with van der Waals surface area (Å²) in [4.78, 5) is 2.46. The predicted molar refractivity (Wildman–Crippen MR) is 53.5 cm³/mol. The fourth-order valence-corrected chi connectivity index (χ4v) is 2.51. The molecule has 0 spiro atoms. The number of aliphatic hydroxyl groups excluding tert-OH is 1. The fraction of sp³-hybridized carbons (Fsp3) is 1.00. The van der Waals surface area contributed by atoms with Crippen molar-refractivity contribution in [2.45, 2.75) is 44.8 Å². The van der Waals surface area contributed by atoms with Crippen LogP contribution < -0.4 is 0 Å². The highest BCUT2D eigenvalue weighted by Crippen LogP contribution is 2.39. The zero-order valence-electron chi connectivity index (χ0n) is 8.74. The van der Waals surface area contributed by atoms with Gasteiger partial charge in [-0.3, -0.25) is 0 Å². The maximum atomic E-state index is 9.42. The molecule has 2 heteroatoms. The van der Waals surface area contributed by atoms with Gasteiger partial charge in [0.25, 0.3) is 0 Å². The van der Waals surface area contributed by atoms with Gasteiger partial charge in [-0.2, -0.15) is 0 Å². The summed E-state index contributed by atoms with van der Waals surface area (Å²) >= 11 is 0. The van der Waals surface area contributed by atoms with Gasteiger partial charge in [-0.05, 0) is 44.6 Å². The first-order chi connectivity index (χ1) is 6.16. The van der Waals surface area contributed by atoms with Crippen LogP contribution in [0, 0.1) is 11.8 Å². The van der Waals surface area contributed by atoms with Crippen molar-refractivity contribution >= 4 is 0 Å². The van der Waals surface area contributed by atoms with Crippen molar-refractivity contribution in [3.05, 3.63) is 0 Å². The Labute approximate surface area is 80.9 Å². The highest BCUT2D eigenvalue weighted by Gasteiger charge is 2.35. The lowest BCUT2D eigenvalue weighted by Gasteiger charge is -2.23. The zero-order valence-corrected chi connectivity index (χ0v) is 8.74. The smallest absolute Gasteiger partial charge is 0.0555 e. The summed E-state index contributed by atoms with van der Waals surface area (Å²) in [5.74, 6) is 1.90. The van der Waals surface area contributed by atoms with E-state index in [1.807, 2.05) is 0 Å². The number of nitrogens with zero attached hydrogens (tertiary/aromatic N) is 1. The molecule has 0 bridgehead atoms. The lowest BCUT2D eigenvalue weighted by atomic mass is 10.2. The molecular formula is C11H21NO. The van der Waals surface area contributed by atoms with Crippen LogP contribution in [0.25, 0.3) is 0 Å². The molecule has 0 saturated heterocycles. The van der Waals surface area contributed by atoms with Gasteiger partial charge in [0.2, 0.25) is 0 Å². The van der Waals surface area contributed by atoms with E-state index in [1.165, 1.54) is 19.4 Å². The Balaban J connectivity index is 1.73. The average Bonchev–Trinajstić information content (AvgIpc) is 2.62. The highest BCUT2D eigenvalue weighted by atomic mass is 16.3. The van der Waals surface area contributed by atoms with Crippen LogP contribution in [-0.2, 0) is 0 Å². The van der Waals surface area contributed by atoms with Crippen LogP contribution in [0.4, 0.5) is 0 Å². The second-order valence-electron chi connectivity index (χ2n) is 5.03. The SMILES string of the molecule is CC1CC1CN(C)C1CCC(O)C1. The Morgan fingerprint density at radius 2 is 2.00 bits per heavy atom. The summed E-state index contributed by atoms with van der Waals surface area (Å²) in [6.07, 6.45) is 4.59. The van der Waals surface area contributed by atoms with E-state index in [0.29, 0.717) is 6.04 Å². The molecule has 0 aliphatic heterocycles. The zero-order chi connectivity index (χ0) is 9.42. The summed E-state index contributed by atoms with van der Waals surface area (Å²) in [6.45, 7) is 3.58. The molecule has 0 amide bonds. The average molecular weight is 183 g/mol. The van der Waals surface area contributed by atoms with Crippen molar-refractivity contribution in [2.75, 3.05) is 13.6 Å². The van der Waals surface area contributed by atoms with Crippen LogP contribution in [0.1, 0.15) is 32.6 Å². The first-order valence-corrected chi connectivity index (χ1v) is 5.55. The van der Waals surface area contributed by atoms with Crippen LogP contribution in [0.15, 0.2) is 0 Å². The third-order valence-electron chi connectivity index (χ3n) is 3.80. The lowest BCUT2D eigenvalue weighted by molar-refractivity contribution is 0.160. The van der Waals surface area contributed by atoms with Gasteiger partial charge in [-0.15, -0.1) is 0 Å². The molecule has 2 aliphatic rings. The second kappa shape index (κ2) is 3.58. The molecule has 2 rings (SSSR count). The van der Waals surface area contributed by atoms with Crippen LogP contribution >= 0.6 is 0 Å². The van der Waals surface area contributed by atoms with E-state index in [9.17, 15) is 5.11 Å². The Morgan fingerprint density at radius 1 is 1.31 bits per heavy atom. The Bertz CT molecular complexity index is 183. The normalized spacial score (nSPS) is 44.3. The van der Waals surface area contributed by atoms with E-state index in [1.54, 1.807) is 0 Å². The number of rotatable bonds is 3. The number of hydrogen-bond donors (Lipinski definition) is 1. The third-order valence-corrected chi connectivity index (χ3v) is 3.80. The molecule has 0 radical (unpaired) electrons. The summed E-state index contributed by atoms with van der Waals surface area (Å²) in [5, 5.41) is 9.42. The van der Waals surface area contributed by atoms with E-state index >= 15 is 0 Å². The Morgan fingerprint density at radius 3 is 2.46 bits per heavy atom. The molecular weight excluding hydrogens is 162 g/mol. The molecule has 76 valence electrons. The minimum absolute atomic E-state index is 0.0240. The Kier molecular flexibility index (Phi) is 2.61. The maximum absolute atomic E-state index is 9.42. The van der Waals surface area contributed by atoms with Gasteiger partial charge in [-0.1, -0.05) is 6.92 Å². The fourth-order valence-electron chi connectivity index (χ4n) is 2.51. The van der Waals surface area contributed by atoms with Gasteiger partial charge in [0.05, 0.1) is 6.10 Å². The molecule has 0 aromatic heterocycles. The molecule has 0 aromatic carbocycles. The first kappa shape index (κ1) is 9.47. The van der Waals surface area contributed by atoms with Gasteiger partial charge >= 0.3 is 0 Å². The lowest BCUT2D eigenvalue weighted by Crippen LogP contribution is -2.31. The number of hydrogen-bond acceptors (Lipinski definition) is 2. The molecule has 1 N–H and O–H groups in total. The standard InChI is InChI=1S/C11H21NO/c1-8-5-9(8)7-12(2)10-3-4-11(13)6-10/h8-11,13H,3-7H2,1-2H3. The van der Waals surface area contributed by atoms with Crippen molar-refractivity contribution in [3.63, 3.8) is 0 Å². The van der Waals surface area contributed by atoms with Crippen LogP contribution in [0.2, 0.25) is 0 Å². The topological polar surface area (TPSA) is 23.5 Å². The molecule has 2 nitrogen and oxygen atoms in total. The molecule has 4 unspecified atom stereocenters. The molecule has 0 aromatic rings. The third kappa shape index (κ3) is 2.23.